The van der Waals surface area contributed by atoms with Gasteiger partial charge in [-0.15, -0.1) is 6.58 Å². The molecular weight excluding hydrogens is 204 g/mol. The van der Waals surface area contributed by atoms with E-state index in [9.17, 15) is 13.5 Å². The van der Waals surface area contributed by atoms with Crippen molar-refractivity contribution < 1.29 is 51.2 Å². The van der Waals surface area contributed by atoms with Gasteiger partial charge in [-0.2, -0.15) is 0 Å². The van der Waals surface area contributed by atoms with Crippen molar-refractivity contribution in [2.24, 2.45) is 0 Å². The predicted molar refractivity (Wildman–Crippen MR) is 46.1 cm³/mol. The van der Waals surface area contributed by atoms with Crippen LogP contribution in [0.5, 0.6) is 0 Å². The molecule has 0 saturated heterocycles. The van der Waals surface area contributed by atoms with Crippen LogP contribution >= 0.6 is 0 Å². The van der Waals surface area contributed by atoms with Crippen molar-refractivity contribution in [1.29, 1.82) is 0 Å². The van der Waals surface area contributed by atoms with Crippen molar-refractivity contribution in [3.8, 4) is 0 Å². The van der Waals surface area contributed by atoms with Crippen molar-refractivity contribution in [1.82, 2.24) is 0 Å². The summed E-state index contributed by atoms with van der Waals surface area (Å²) in [6, 6.07) is 7.50. The standard InChI is InChI=1S/C8H8NO3S.2Li/c1-7(10)9-13(11,12)8-5-3-2-4-6-8;;/h2-6,10H,1H2;;/q-1;2*+1/p-1. The van der Waals surface area contributed by atoms with E-state index in [4.69, 9.17) is 0 Å². The van der Waals surface area contributed by atoms with Gasteiger partial charge in [0.2, 0.25) is 0 Å². The number of hydrogen-bond acceptors (Lipinski definition) is 3. The monoisotopic (exact) mass is 211 g/mol. The summed E-state index contributed by atoms with van der Waals surface area (Å²) in [6.45, 7) is 2.86. The first-order valence-electron chi connectivity index (χ1n) is 3.41. The van der Waals surface area contributed by atoms with Gasteiger partial charge in [0.15, 0.2) is 0 Å². The molecule has 0 aliphatic heterocycles. The zero-order valence-corrected chi connectivity index (χ0v) is 9.49. The summed E-state index contributed by atoms with van der Waals surface area (Å²) >= 11 is 0. The Morgan fingerprint density at radius 2 is 1.67 bits per heavy atom. The quantitative estimate of drug-likeness (QED) is 0.370. The van der Waals surface area contributed by atoms with Crippen LogP contribution in [0.4, 0.5) is 0 Å². The first-order chi connectivity index (χ1) is 6.02. The molecule has 1 rings (SSSR count). The van der Waals surface area contributed by atoms with Gasteiger partial charge >= 0.3 is 37.7 Å². The zero-order valence-electron chi connectivity index (χ0n) is 8.67. The molecule has 0 N–H and O–H groups in total. The molecule has 0 spiro atoms. The topological polar surface area (TPSA) is 71.3 Å². The van der Waals surface area contributed by atoms with Crippen LogP contribution in [0, 0.1) is 0 Å². The van der Waals surface area contributed by atoms with E-state index in [-0.39, 0.29) is 42.6 Å². The van der Waals surface area contributed by atoms with Gasteiger partial charge in [0, 0.05) is 0 Å². The van der Waals surface area contributed by atoms with E-state index in [1.54, 1.807) is 18.2 Å². The molecule has 7 heteroatoms. The third-order valence-electron chi connectivity index (χ3n) is 1.26. The molecule has 0 amide bonds. The van der Waals surface area contributed by atoms with Gasteiger partial charge in [-0.1, -0.05) is 18.2 Å². The molecule has 0 aliphatic rings. The van der Waals surface area contributed by atoms with Gasteiger partial charge in [-0.05, 0) is 12.1 Å². The smallest absolute Gasteiger partial charge is 0.889 e. The summed E-state index contributed by atoms with van der Waals surface area (Å²) in [6.07, 6.45) is 0. The normalized spacial score (nSPS) is 9.33. The van der Waals surface area contributed by atoms with Crippen LogP contribution in [0.3, 0.4) is 0 Å². The Morgan fingerprint density at radius 3 is 2.07 bits per heavy atom. The molecule has 0 heterocycles. The van der Waals surface area contributed by atoms with Crippen LogP contribution in [0.25, 0.3) is 4.72 Å². The Kier molecular flexibility index (Phi) is 8.05. The second kappa shape index (κ2) is 7.06. The minimum absolute atomic E-state index is 0. The summed E-state index contributed by atoms with van der Waals surface area (Å²) in [5.74, 6) is -0.969. The fourth-order valence-electron chi connectivity index (χ4n) is 0.779. The first-order valence-corrected chi connectivity index (χ1v) is 4.85. The van der Waals surface area contributed by atoms with E-state index in [2.05, 4.69) is 11.3 Å². The fraction of sp³-hybridized carbons (Fsp3) is 0. The van der Waals surface area contributed by atoms with Gasteiger partial charge in [-0.25, -0.2) is 14.3 Å². The van der Waals surface area contributed by atoms with Gasteiger partial charge in [0.1, 0.15) is 10.0 Å². The molecule has 70 valence electrons. The molecule has 4 nitrogen and oxygen atoms in total. The van der Waals surface area contributed by atoms with E-state index in [1.807, 2.05) is 0 Å². The Hall–Kier alpha value is -0.295. The van der Waals surface area contributed by atoms with Gasteiger partial charge in [-0.3, -0.25) is 0 Å². The van der Waals surface area contributed by atoms with Crippen LogP contribution in [0.1, 0.15) is 0 Å². The minimum atomic E-state index is -3.85. The molecule has 0 aliphatic carbocycles. The number of nitrogens with zero attached hydrogens (tertiary/aromatic N) is 1. The Balaban J connectivity index is 0. The van der Waals surface area contributed by atoms with E-state index >= 15 is 0 Å². The molecule has 0 fully saturated rings. The SMILES string of the molecule is C=C([O-])[N-]S(=O)(=O)c1ccccc1.[Li+].[Li+]. The van der Waals surface area contributed by atoms with E-state index in [0.717, 1.165) is 0 Å². The van der Waals surface area contributed by atoms with Crippen molar-refractivity contribution in [3.05, 3.63) is 47.5 Å². The van der Waals surface area contributed by atoms with Crippen molar-refractivity contribution in [2.45, 2.75) is 4.90 Å². The summed E-state index contributed by atoms with van der Waals surface area (Å²) in [4.78, 5) is -0.00741. The van der Waals surface area contributed by atoms with Gasteiger partial charge in [0.25, 0.3) is 0 Å². The molecule has 0 bridgehead atoms. The number of benzene rings is 1. The fourth-order valence-corrected chi connectivity index (χ4v) is 1.65. The molecule has 1 aromatic rings. The van der Waals surface area contributed by atoms with Crippen molar-refractivity contribution >= 4 is 10.0 Å². The molecule has 1 aromatic carbocycles. The largest absolute Gasteiger partial charge is 1.00 e. The number of rotatable bonds is 3. The maximum absolute atomic E-state index is 11.2. The molecule has 0 unspecified atom stereocenters. The average Bonchev–Trinajstić information content (AvgIpc) is 2.04. The Bertz CT molecular complexity index is 405. The Morgan fingerprint density at radius 1 is 1.20 bits per heavy atom. The summed E-state index contributed by atoms with van der Waals surface area (Å²) < 4.78 is 25.3. The van der Waals surface area contributed by atoms with Crippen molar-refractivity contribution in [2.75, 3.05) is 0 Å². The molecule has 0 saturated carbocycles. The van der Waals surface area contributed by atoms with Crippen LogP contribution in [0.15, 0.2) is 47.7 Å². The number of sulfonamides is 1. The second-order valence-corrected chi connectivity index (χ2v) is 3.88. The average molecular weight is 211 g/mol. The van der Waals surface area contributed by atoms with Crippen LogP contribution < -0.4 is 42.8 Å². The zero-order chi connectivity index (χ0) is 9.90. The molecule has 0 radical (unpaired) electrons. The van der Waals surface area contributed by atoms with E-state index < -0.39 is 15.9 Å². The first kappa shape index (κ1) is 17.1. The molecule has 0 atom stereocenters. The maximum Gasteiger partial charge on any atom is 1.00 e. The van der Waals surface area contributed by atoms with Gasteiger partial charge < -0.3 is 9.83 Å². The minimum Gasteiger partial charge on any atom is -0.889 e. The molecule has 0 aromatic heterocycles. The summed E-state index contributed by atoms with van der Waals surface area (Å²) in [5, 5.41) is 10.4. The predicted octanol–water partition coefficient (Wildman–Crippen LogP) is -5.41. The molecular formula is C8H7Li2NO3S. The second-order valence-electron chi connectivity index (χ2n) is 2.27. The third kappa shape index (κ3) is 5.37. The van der Waals surface area contributed by atoms with E-state index in [1.165, 1.54) is 12.1 Å². The van der Waals surface area contributed by atoms with E-state index in [0.29, 0.717) is 0 Å². The van der Waals surface area contributed by atoms with Gasteiger partial charge in [0.05, 0.1) is 4.90 Å². The maximum atomic E-state index is 11.2. The summed E-state index contributed by atoms with van der Waals surface area (Å²) in [5.41, 5.74) is 0. The Labute approximate surface area is 113 Å². The summed E-state index contributed by atoms with van der Waals surface area (Å²) in [7, 11) is -3.85. The van der Waals surface area contributed by atoms with Crippen LogP contribution in [0.2, 0.25) is 0 Å². The van der Waals surface area contributed by atoms with Crippen molar-refractivity contribution in [3.63, 3.8) is 0 Å². The number of hydrogen-bond donors (Lipinski definition) is 0. The van der Waals surface area contributed by atoms with Crippen LogP contribution in [-0.4, -0.2) is 8.42 Å². The third-order valence-corrected chi connectivity index (χ3v) is 2.57. The molecule has 15 heavy (non-hydrogen) atoms. The van der Waals surface area contributed by atoms with Crippen LogP contribution in [-0.2, 0) is 10.0 Å².